The van der Waals surface area contributed by atoms with Crippen molar-refractivity contribution in [2.75, 3.05) is 12.4 Å². The lowest BCUT2D eigenvalue weighted by Gasteiger charge is -2.08. The summed E-state index contributed by atoms with van der Waals surface area (Å²) in [7, 11) is 1.27. The van der Waals surface area contributed by atoms with Gasteiger partial charge in [0.25, 0.3) is 5.89 Å². The van der Waals surface area contributed by atoms with Crippen LogP contribution in [0, 0.1) is 0 Å². The van der Waals surface area contributed by atoms with Crippen molar-refractivity contribution < 1.29 is 27.2 Å². The van der Waals surface area contributed by atoms with E-state index in [0.717, 1.165) is 22.9 Å². The average molecular weight is 413 g/mol. The number of anilines is 1. The number of carbonyl (C=O) groups is 1. The largest absolute Gasteiger partial charge is 0.453 e. The number of benzene rings is 3. The van der Waals surface area contributed by atoms with Crippen LogP contribution in [0.25, 0.3) is 33.6 Å². The topological polar surface area (TPSA) is 77.2 Å². The first kappa shape index (κ1) is 19.4. The molecule has 1 heterocycles. The Bertz CT molecular complexity index is 1220. The number of ether oxygens (including phenoxy) is 1. The minimum Gasteiger partial charge on any atom is -0.453 e. The van der Waals surface area contributed by atoms with Crippen LogP contribution in [0.1, 0.15) is 5.56 Å². The van der Waals surface area contributed by atoms with Crippen LogP contribution >= 0.6 is 0 Å². The minimum atomic E-state index is -4.41. The maximum absolute atomic E-state index is 12.7. The number of aromatic nitrogens is 2. The fourth-order valence-corrected chi connectivity index (χ4v) is 2.94. The van der Waals surface area contributed by atoms with Gasteiger partial charge in [-0.05, 0) is 35.7 Å². The number of halogens is 3. The Morgan fingerprint density at radius 2 is 1.77 bits per heavy atom. The third kappa shape index (κ3) is 3.82. The first-order chi connectivity index (χ1) is 14.3. The predicted octanol–water partition coefficient (Wildman–Crippen LogP) is 5.75. The first-order valence-corrected chi connectivity index (χ1v) is 8.74. The van der Waals surface area contributed by atoms with E-state index in [1.807, 2.05) is 12.1 Å². The van der Waals surface area contributed by atoms with E-state index >= 15 is 0 Å². The van der Waals surface area contributed by atoms with Gasteiger partial charge in [0, 0.05) is 16.5 Å². The summed E-state index contributed by atoms with van der Waals surface area (Å²) in [6.07, 6.45) is -5.02. The van der Waals surface area contributed by atoms with Gasteiger partial charge in [-0.2, -0.15) is 18.2 Å². The normalized spacial score (nSPS) is 11.5. The number of fused-ring (bicyclic) bond motifs is 1. The molecule has 4 rings (SSSR count). The molecular formula is C21H14F3N3O3. The fourth-order valence-electron chi connectivity index (χ4n) is 2.94. The summed E-state index contributed by atoms with van der Waals surface area (Å²) in [6.45, 7) is 0. The van der Waals surface area contributed by atoms with Gasteiger partial charge < -0.3 is 9.26 Å². The Kier molecular flexibility index (Phi) is 4.86. The molecule has 0 aliphatic heterocycles. The molecule has 30 heavy (non-hydrogen) atoms. The second-order valence-corrected chi connectivity index (χ2v) is 6.36. The molecule has 3 aromatic carbocycles. The summed E-state index contributed by atoms with van der Waals surface area (Å²) in [5, 5.41) is 8.11. The SMILES string of the molecule is COC(=O)Nc1cccc2ccc(-c3nc(-c4ccc(C(F)(F)F)cc4)no3)cc12. The molecule has 0 aliphatic rings. The molecule has 0 fully saturated rings. The fraction of sp³-hybridized carbons (Fsp3) is 0.0952. The highest BCUT2D eigenvalue weighted by Gasteiger charge is 2.30. The van der Waals surface area contributed by atoms with E-state index in [9.17, 15) is 18.0 Å². The standard InChI is InChI=1S/C21H14F3N3O3/c1-29-20(28)25-17-4-2-3-12-5-6-14(11-16(12)17)19-26-18(27-30-19)13-7-9-15(10-8-13)21(22,23)24/h2-11H,1H3,(H,25,28). The third-order valence-corrected chi connectivity index (χ3v) is 4.45. The molecule has 0 aliphatic carbocycles. The Morgan fingerprint density at radius 1 is 1.03 bits per heavy atom. The van der Waals surface area contributed by atoms with Gasteiger partial charge in [-0.15, -0.1) is 0 Å². The molecule has 1 aromatic heterocycles. The van der Waals surface area contributed by atoms with Gasteiger partial charge in [0.05, 0.1) is 18.4 Å². The van der Waals surface area contributed by atoms with E-state index in [1.54, 1.807) is 24.3 Å². The number of rotatable bonds is 3. The average Bonchev–Trinajstić information content (AvgIpc) is 3.23. The maximum Gasteiger partial charge on any atom is 0.416 e. The van der Waals surface area contributed by atoms with Crippen molar-refractivity contribution in [2.24, 2.45) is 0 Å². The zero-order valence-corrected chi connectivity index (χ0v) is 15.5. The van der Waals surface area contributed by atoms with Crippen molar-refractivity contribution >= 4 is 22.6 Å². The van der Waals surface area contributed by atoms with Crippen molar-refractivity contribution in [1.29, 1.82) is 0 Å². The number of carbonyl (C=O) groups excluding carboxylic acids is 1. The molecule has 9 heteroatoms. The molecule has 0 saturated heterocycles. The quantitative estimate of drug-likeness (QED) is 0.463. The van der Waals surface area contributed by atoms with Crippen LogP contribution < -0.4 is 5.32 Å². The van der Waals surface area contributed by atoms with Crippen molar-refractivity contribution in [2.45, 2.75) is 6.18 Å². The number of amides is 1. The maximum atomic E-state index is 12.7. The van der Waals surface area contributed by atoms with Crippen molar-refractivity contribution in [3.05, 3.63) is 66.2 Å². The summed E-state index contributed by atoms with van der Waals surface area (Å²) >= 11 is 0. The molecule has 1 amide bonds. The Hall–Kier alpha value is -3.88. The molecule has 4 aromatic rings. The summed E-state index contributed by atoms with van der Waals surface area (Å²) in [4.78, 5) is 15.9. The highest BCUT2D eigenvalue weighted by Crippen LogP contribution is 2.32. The molecule has 0 bridgehead atoms. The smallest absolute Gasteiger partial charge is 0.416 e. The van der Waals surface area contributed by atoms with E-state index < -0.39 is 17.8 Å². The van der Waals surface area contributed by atoms with E-state index in [1.165, 1.54) is 19.2 Å². The van der Waals surface area contributed by atoms with Gasteiger partial charge in [0.1, 0.15) is 0 Å². The van der Waals surface area contributed by atoms with Crippen LogP contribution in [0.15, 0.2) is 65.2 Å². The summed E-state index contributed by atoms with van der Waals surface area (Å²) in [5.74, 6) is 0.361. The van der Waals surface area contributed by atoms with E-state index in [4.69, 9.17) is 4.52 Å². The Morgan fingerprint density at radius 3 is 2.47 bits per heavy atom. The first-order valence-electron chi connectivity index (χ1n) is 8.74. The van der Waals surface area contributed by atoms with Crippen molar-refractivity contribution in [3.8, 4) is 22.8 Å². The number of hydrogen-bond donors (Lipinski definition) is 1. The molecule has 0 spiro atoms. The van der Waals surface area contributed by atoms with Gasteiger partial charge >= 0.3 is 12.3 Å². The van der Waals surface area contributed by atoms with E-state index in [2.05, 4.69) is 20.2 Å². The van der Waals surface area contributed by atoms with Gasteiger partial charge in [-0.1, -0.05) is 35.5 Å². The lowest BCUT2D eigenvalue weighted by molar-refractivity contribution is -0.137. The van der Waals surface area contributed by atoms with E-state index in [-0.39, 0.29) is 11.7 Å². The Labute approximate surface area is 168 Å². The minimum absolute atomic E-state index is 0.166. The van der Waals surface area contributed by atoms with Crippen molar-refractivity contribution in [1.82, 2.24) is 10.1 Å². The number of methoxy groups -OCH3 is 1. The molecule has 0 saturated carbocycles. The van der Waals surface area contributed by atoms with Crippen LogP contribution in [-0.2, 0) is 10.9 Å². The molecule has 0 atom stereocenters. The molecule has 6 nitrogen and oxygen atoms in total. The molecule has 1 N–H and O–H groups in total. The van der Waals surface area contributed by atoms with Crippen LogP contribution in [-0.4, -0.2) is 23.3 Å². The van der Waals surface area contributed by atoms with Gasteiger partial charge in [-0.3, -0.25) is 5.32 Å². The molecule has 152 valence electrons. The summed E-state index contributed by atoms with van der Waals surface area (Å²) in [5.41, 5.74) is 0.776. The Balaban J connectivity index is 1.67. The van der Waals surface area contributed by atoms with Crippen LogP contribution in [0.4, 0.5) is 23.7 Å². The van der Waals surface area contributed by atoms with Crippen molar-refractivity contribution in [3.63, 3.8) is 0 Å². The van der Waals surface area contributed by atoms with Crippen LogP contribution in [0.5, 0.6) is 0 Å². The van der Waals surface area contributed by atoms with Crippen LogP contribution in [0.3, 0.4) is 0 Å². The predicted molar refractivity (Wildman–Crippen MR) is 104 cm³/mol. The monoisotopic (exact) mass is 413 g/mol. The molecule has 0 radical (unpaired) electrons. The highest BCUT2D eigenvalue weighted by molar-refractivity contribution is 6.01. The lowest BCUT2D eigenvalue weighted by atomic mass is 10.1. The number of hydrogen-bond acceptors (Lipinski definition) is 5. The van der Waals surface area contributed by atoms with Gasteiger partial charge in [0.15, 0.2) is 0 Å². The molecular weight excluding hydrogens is 399 g/mol. The van der Waals surface area contributed by atoms with Crippen LogP contribution in [0.2, 0.25) is 0 Å². The number of alkyl halides is 3. The van der Waals surface area contributed by atoms with E-state index in [0.29, 0.717) is 16.8 Å². The second kappa shape index (κ2) is 7.51. The zero-order valence-electron chi connectivity index (χ0n) is 15.5. The zero-order chi connectivity index (χ0) is 21.3. The van der Waals surface area contributed by atoms with Gasteiger partial charge in [0.2, 0.25) is 5.82 Å². The third-order valence-electron chi connectivity index (χ3n) is 4.45. The second-order valence-electron chi connectivity index (χ2n) is 6.36. The van der Waals surface area contributed by atoms with Gasteiger partial charge in [-0.25, -0.2) is 4.79 Å². The summed E-state index contributed by atoms with van der Waals surface area (Å²) < 4.78 is 48.1. The number of nitrogens with zero attached hydrogens (tertiary/aromatic N) is 2. The molecule has 0 unspecified atom stereocenters. The number of nitrogens with one attached hydrogen (secondary N) is 1. The highest BCUT2D eigenvalue weighted by atomic mass is 19.4. The summed E-state index contributed by atoms with van der Waals surface area (Å²) in [6, 6.07) is 15.3. The lowest BCUT2D eigenvalue weighted by Crippen LogP contribution is -2.11.